The molecule has 0 spiro atoms. The van der Waals surface area contributed by atoms with E-state index < -0.39 is 12.0 Å². The number of carbonyl (C=O) groups excluding carboxylic acids is 1. The average Bonchev–Trinajstić information content (AvgIpc) is 2.59. The number of halogens is 3. The number of carbonyl (C=O) groups is 1. The van der Waals surface area contributed by atoms with Crippen molar-refractivity contribution in [2.24, 2.45) is 11.7 Å². The number of amides is 1. The van der Waals surface area contributed by atoms with Crippen LogP contribution in [-0.4, -0.2) is 36.1 Å². The molecule has 0 unspecified atom stereocenters. The van der Waals surface area contributed by atoms with Crippen LogP contribution in [0.1, 0.15) is 18.7 Å². The molecule has 2 heterocycles. The molecule has 0 radical (unpaired) electrons. The lowest BCUT2D eigenvalue weighted by molar-refractivity contribution is -0.144. The van der Waals surface area contributed by atoms with Crippen molar-refractivity contribution in [2.75, 3.05) is 25.1 Å². The van der Waals surface area contributed by atoms with Gasteiger partial charge in [-0.3, -0.25) is 4.79 Å². The number of aromatic nitrogens is 2. The minimum absolute atomic E-state index is 0.161. The quantitative estimate of drug-likeness (QED) is 0.915. The molecule has 2 N–H and O–H groups in total. The van der Waals surface area contributed by atoms with E-state index in [1.807, 2.05) is 0 Å². The van der Waals surface area contributed by atoms with E-state index in [1.54, 1.807) is 17.0 Å². The number of piperidine rings is 1. The van der Waals surface area contributed by atoms with Crippen molar-refractivity contribution in [3.05, 3.63) is 24.0 Å². The number of hydrogen-bond acceptors (Lipinski definition) is 5. The molecule has 1 aromatic heterocycles. The zero-order valence-corrected chi connectivity index (χ0v) is 13.5. The Morgan fingerprint density at radius 3 is 2.52 bits per heavy atom. The predicted octanol–water partition coefficient (Wildman–Crippen LogP) is 2.36. The SMILES string of the molecule is COc1ccc2c(N3CCC(C(N)=O)CC3)nc(C(F)(F)F)nc2c1. The molecule has 134 valence electrons. The van der Waals surface area contributed by atoms with E-state index in [1.165, 1.54) is 13.2 Å². The molecule has 1 saturated heterocycles. The highest BCUT2D eigenvalue weighted by Gasteiger charge is 2.36. The van der Waals surface area contributed by atoms with Crippen LogP contribution in [0.25, 0.3) is 10.9 Å². The smallest absolute Gasteiger partial charge is 0.451 e. The van der Waals surface area contributed by atoms with Gasteiger partial charge < -0.3 is 15.4 Å². The monoisotopic (exact) mass is 354 g/mol. The van der Waals surface area contributed by atoms with Crippen molar-refractivity contribution >= 4 is 22.6 Å². The minimum atomic E-state index is -4.66. The third kappa shape index (κ3) is 3.45. The maximum atomic E-state index is 13.2. The fourth-order valence-corrected chi connectivity index (χ4v) is 2.96. The van der Waals surface area contributed by atoms with Crippen LogP contribution in [0.5, 0.6) is 5.75 Å². The van der Waals surface area contributed by atoms with Crippen LogP contribution < -0.4 is 15.4 Å². The largest absolute Gasteiger partial charge is 0.497 e. The predicted molar refractivity (Wildman–Crippen MR) is 85.2 cm³/mol. The second-order valence-electron chi connectivity index (χ2n) is 5.92. The number of nitrogens with zero attached hydrogens (tertiary/aromatic N) is 3. The Morgan fingerprint density at radius 2 is 1.96 bits per heavy atom. The Hall–Kier alpha value is -2.58. The van der Waals surface area contributed by atoms with Crippen LogP contribution in [0, 0.1) is 5.92 Å². The van der Waals surface area contributed by atoms with Gasteiger partial charge in [0.15, 0.2) is 0 Å². The van der Waals surface area contributed by atoms with Crippen LogP contribution >= 0.6 is 0 Å². The lowest BCUT2D eigenvalue weighted by Crippen LogP contribution is -2.39. The standard InChI is InChI=1S/C16H17F3N4O2/c1-25-10-2-3-11-12(8-10)21-15(16(17,18)19)22-14(11)23-6-4-9(5-7-23)13(20)24/h2-3,8-9H,4-7H2,1H3,(H2,20,24). The highest BCUT2D eigenvalue weighted by atomic mass is 19.4. The summed E-state index contributed by atoms with van der Waals surface area (Å²) >= 11 is 0. The number of anilines is 1. The Labute approximate surface area is 141 Å². The van der Waals surface area contributed by atoms with Crippen molar-refractivity contribution in [1.29, 1.82) is 0 Å². The number of nitrogens with two attached hydrogens (primary N) is 1. The van der Waals surface area contributed by atoms with Gasteiger partial charge in [0.1, 0.15) is 11.6 Å². The summed E-state index contributed by atoms with van der Waals surface area (Å²) in [5, 5.41) is 0.506. The molecule has 3 rings (SSSR count). The van der Waals surface area contributed by atoms with Gasteiger partial charge in [0.25, 0.3) is 0 Å². The number of ether oxygens (including phenoxy) is 1. The molecular formula is C16H17F3N4O2. The second kappa shape index (κ2) is 6.38. The number of primary amides is 1. The van der Waals surface area contributed by atoms with Crippen LogP contribution in [-0.2, 0) is 11.0 Å². The minimum Gasteiger partial charge on any atom is -0.497 e. The third-order valence-electron chi connectivity index (χ3n) is 4.33. The fourth-order valence-electron chi connectivity index (χ4n) is 2.96. The summed E-state index contributed by atoms with van der Waals surface area (Å²) in [7, 11) is 1.43. The number of alkyl halides is 3. The van der Waals surface area contributed by atoms with E-state index in [-0.39, 0.29) is 23.2 Å². The molecule has 0 bridgehead atoms. The average molecular weight is 354 g/mol. The topological polar surface area (TPSA) is 81.3 Å². The van der Waals surface area contributed by atoms with E-state index in [9.17, 15) is 18.0 Å². The van der Waals surface area contributed by atoms with Gasteiger partial charge in [-0.1, -0.05) is 0 Å². The number of methoxy groups -OCH3 is 1. The molecule has 9 heteroatoms. The number of rotatable bonds is 3. The molecule has 1 fully saturated rings. The third-order valence-corrected chi connectivity index (χ3v) is 4.33. The lowest BCUT2D eigenvalue weighted by Gasteiger charge is -2.32. The maximum Gasteiger partial charge on any atom is 0.451 e. The summed E-state index contributed by atoms with van der Waals surface area (Å²) in [4.78, 5) is 20.4. The Morgan fingerprint density at radius 1 is 1.28 bits per heavy atom. The fraction of sp³-hybridized carbons (Fsp3) is 0.438. The van der Waals surface area contributed by atoms with Gasteiger partial charge in [-0.2, -0.15) is 13.2 Å². The molecule has 1 aliphatic rings. The first-order chi connectivity index (χ1) is 11.8. The van der Waals surface area contributed by atoms with Gasteiger partial charge in [-0.05, 0) is 25.0 Å². The Kier molecular flexibility index (Phi) is 4.40. The summed E-state index contributed by atoms with van der Waals surface area (Å²) in [5.41, 5.74) is 5.47. The number of hydrogen-bond donors (Lipinski definition) is 1. The van der Waals surface area contributed by atoms with Crippen LogP contribution in [0.15, 0.2) is 18.2 Å². The van der Waals surface area contributed by atoms with Crippen LogP contribution in [0.3, 0.4) is 0 Å². The van der Waals surface area contributed by atoms with Crippen LogP contribution in [0.4, 0.5) is 19.0 Å². The summed E-state index contributed by atoms with van der Waals surface area (Å²) in [6.07, 6.45) is -3.69. The first kappa shape index (κ1) is 17.2. The molecule has 25 heavy (non-hydrogen) atoms. The van der Waals surface area contributed by atoms with Gasteiger partial charge in [0, 0.05) is 30.5 Å². The van der Waals surface area contributed by atoms with E-state index in [0.717, 1.165) is 0 Å². The molecule has 1 aliphatic heterocycles. The molecule has 6 nitrogen and oxygen atoms in total. The molecular weight excluding hydrogens is 337 g/mol. The molecule has 1 amide bonds. The number of fused-ring (bicyclic) bond motifs is 1. The van der Waals surface area contributed by atoms with E-state index in [4.69, 9.17) is 10.5 Å². The molecule has 2 aromatic rings. The normalized spacial score (nSPS) is 16.2. The van der Waals surface area contributed by atoms with Crippen molar-refractivity contribution in [2.45, 2.75) is 19.0 Å². The van der Waals surface area contributed by atoms with E-state index >= 15 is 0 Å². The summed E-state index contributed by atoms with van der Waals surface area (Å²) in [5.74, 6) is -1.21. The molecule has 0 atom stereocenters. The van der Waals surface area contributed by atoms with E-state index in [0.29, 0.717) is 37.1 Å². The Bertz CT molecular complexity index is 802. The van der Waals surface area contributed by atoms with Gasteiger partial charge >= 0.3 is 6.18 Å². The summed E-state index contributed by atoms with van der Waals surface area (Å²) < 4.78 is 44.6. The van der Waals surface area contributed by atoms with Gasteiger partial charge in [0.2, 0.25) is 11.7 Å². The Balaban J connectivity index is 2.05. The van der Waals surface area contributed by atoms with Gasteiger partial charge in [-0.25, -0.2) is 9.97 Å². The first-order valence-corrected chi connectivity index (χ1v) is 7.77. The van der Waals surface area contributed by atoms with E-state index in [2.05, 4.69) is 9.97 Å². The van der Waals surface area contributed by atoms with Crippen molar-refractivity contribution < 1.29 is 22.7 Å². The lowest BCUT2D eigenvalue weighted by atomic mass is 9.96. The summed E-state index contributed by atoms with van der Waals surface area (Å²) in [6, 6.07) is 4.74. The second-order valence-corrected chi connectivity index (χ2v) is 5.92. The van der Waals surface area contributed by atoms with Crippen molar-refractivity contribution in [1.82, 2.24) is 9.97 Å². The zero-order chi connectivity index (χ0) is 18.2. The molecule has 0 aliphatic carbocycles. The zero-order valence-electron chi connectivity index (χ0n) is 13.5. The van der Waals surface area contributed by atoms with Crippen LogP contribution in [0.2, 0.25) is 0 Å². The van der Waals surface area contributed by atoms with Crippen molar-refractivity contribution in [3.8, 4) is 5.75 Å². The summed E-state index contributed by atoms with van der Waals surface area (Å²) in [6.45, 7) is 0.812. The highest BCUT2D eigenvalue weighted by molar-refractivity contribution is 5.90. The van der Waals surface area contributed by atoms with Gasteiger partial charge in [-0.15, -0.1) is 0 Å². The number of benzene rings is 1. The molecule has 1 aromatic carbocycles. The molecule has 0 saturated carbocycles. The first-order valence-electron chi connectivity index (χ1n) is 7.77. The van der Waals surface area contributed by atoms with Crippen molar-refractivity contribution in [3.63, 3.8) is 0 Å². The maximum absolute atomic E-state index is 13.2. The van der Waals surface area contributed by atoms with Gasteiger partial charge in [0.05, 0.1) is 12.6 Å². The highest BCUT2D eigenvalue weighted by Crippen LogP contribution is 2.34.